The lowest BCUT2D eigenvalue weighted by molar-refractivity contribution is -0.137. The maximum atomic E-state index is 13.2. The summed E-state index contributed by atoms with van der Waals surface area (Å²) in [6.45, 7) is 1.95. The van der Waals surface area contributed by atoms with Gasteiger partial charge in [0.1, 0.15) is 0 Å². The van der Waals surface area contributed by atoms with Crippen molar-refractivity contribution in [2.45, 2.75) is 25.2 Å². The molecule has 0 aromatic heterocycles. The Balaban J connectivity index is 2.22. The van der Waals surface area contributed by atoms with E-state index in [1.807, 2.05) is 0 Å². The number of carbonyl (C=O) groups is 1. The summed E-state index contributed by atoms with van der Waals surface area (Å²) in [6.07, 6.45) is -4.47. The summed E-state index contributed by atoms with van der Waals surface area (Å²) in [6, 6.07) is 9.82. The van der Waals surface area contributed by atoms with E-state index in [2.05, 4.69) is 21.3 Å². The molecule has 0 bridgehead atoms. The molecule has 0 aliphatic rings. The fraction of sp³-hybridized carbons (Fsp3) is 0.333. The molecule has 174 valence electrons. The first kappa shape index (κ1) is 25.2. The number of methoxy groups -OCH3 is 1. The molecule has 0 heterocycles. The number of anilines is 2. The predicted octanol–water partition coefficient (Wildman–Crippen LogP) is 3.56. The average molecular weight is 470 g/mol. The highest BCUT2D eigenvalue weighted by atomic mass is 32.1. The number of halogens is 3. The average Bonchev–Trinajstić information content (AvgIpc) is 2.73. The lowest BCUT2D eigenvalue weighted by Crippen LogP contribution is -2.48. The molecule has 2 rings (SSSR count). The van der Waals surface area contributed by atoms with Gasteiger partial charge in [0.2, 0.25) is 0 Å². The number of rotatable bonds is 7. The van der Waals surface area contributed by atoms with Gasteiger partial charge in [0, 0.05) is 20.7 Å². The number of nitrogen functional groups attached to an aromatic ring is 1. The minimum Gasteiger partial charge on any atom is -0.397 e. The van der Waals surface area contributed by atoms with Gasteiger partial charge in [0.25, 0.3) is 0 Å². The lowest BCUT2D eigenvalue weighted by Gasteiger charge is -2.32. The predicted molar refractivity (Wildman–Crippen MR) is 122 cm³/mol. The zero-order valence-electron chi connectivity index (χ0n) is 17.9. The first-order valence-electron chi connectivity index (χ1n) is 9.59. The smallest absolute Gasteiger partial charge is 0.397 e. The van der Waals surface area contributed by atoms with Gasteiger partial charge >= 0.3 is 12.2 Å². The van der Waals surface area contributed by atoms with Gasteiger partial charge in [-0.15, -0.1) is 0 Å². The largest absolute Gasteiger partial charge is 0.416 e. The standard InChI is InChI=1S/C21H26F3N5O2S/c1-20(12-31-3,14-7-5-8-15(10-14)21(22,23)24)29-19(32)28-16-9-4-6-13(17(16)25)11-27-18(30)26-2/h4-10H,11-12,25H2,1-3H3,(H2,26,27,30)(H2,28,29,32). The van der Waals surface area contributed by atoms with E-state index >= 15 is 0 Å². The molecular formula is C21H26F3N5O2S. The zero-order chi connectivity index (χ0) is 23.9. The van der Waals surface area contributed by atoms with Crippen LogP contribution in [0.15, 0.2) is 42.5 Å². The van der Waals surface area contributed by atoms with Gasteiger partial charge < -0.3 is 31.7 Å². The van der Waals surface area contributed by atoms with Crippen LogP contribution in [0.25, 0.3) is 0 Å². The van der Waals surface area contributed by atoms with Crippen molar-refractivity contribution in [2.24, 2.45) is 0 Å². The molecule has 0 fully saturated rings. The Hall–Kier alpha value is -3.05. The van der Waals surface area contributed by atoms with Crippen LogP contribution in [-0.4, -0.2) is 31.9 Å². The van der Waals surface area contributed by atoms with E-state index < -0.39 is 17.3 Å². The number of para-hydroxylation sites is 1. The Kier molecular flexibility index (Phi) is 8.28. The number of nitrogens with two attached hydrogens (primary N) is 1. The number of thiocarbonyl (C=S) groups is 1. The third-order valence-electron chi connectivity index (χ3n) is 4.76. The fourth-order valence-corrected chi connectivity index (χ4v) is 3.40. The molecule has 1 atom stereocenters. The molecule has 2 amide bonds. The molecule has 2 aromatic rings. The van der Waals surface area contributed by atoms with Gasteiger partial charge in [0.15, 0.2) is 5.11 Å². The van der Waals surface area contributed by atoms with Crippen molar-refractivity contribution < 1.29 is 22.7 Å². The van der Waals surface area contributed by atoms with Crippen molar-refractivity contribution in [1.82, 2.24) is 16.0 Å². The van der Waals surface area contributed by atoms with Crippen LogP contribution in [0.1, 0.15) is 23.6 Å². The first-order chi connectivity index (χ1) is 15.0. The number of alkyl halides is 3. The van der Waals surface area contributed by atoms with E-state index in [1.54, 1.807) is 31.2 Å². The Morgan fingerprint density at radius 2 is 1.81 bits per heavy atom. The Morgan fingerprint density at radius 1 is 1.16 bits per heavy atom. The molecular weight excluding hydrogens is 443 g/mol. The number of urea groups is 1. The Morgan fingerprint density at radius 3 is 2.44 bits per heavy atom. The third kappa shape index (κ3) is 6.47. The lowest BCUT2D eigenvalue weighted by atomic mass is 9.91. The van der Waals surface area contributed by atoms with Crippen LogP contribution in [0.5, 0.6) is 0 Å². The van der Waals surface area contributed by atoms with Crippen molar-refractivity contribution in [3.8, 4) is 0 Å². The quantitative estimate of drug-likeness (QED) is 0.314. The number of benzene rings is 2. The summed E-state index contributed by atoms with van der Waals surface area (Å²) in [5, 5.41) is 11.2. The molecule has 2 aromatic carbocycles. The number of carbonyl (C=O) groups excluding carboxylic acids is 1. The van der Waals surface area contributed by atoms with Crippen LogP contribution in [0.4, 0.5) is 29.3 Å². The topological polar surface area (TPSA) is 100 Å². The molecule has 0 aliphatic carbocycles. The van der Waals surface area contributed by atoms with E-state index in [0.717, 1.165) is 12.1 Å². The minimum absolute atomic E-state index is 0.0572. The maximum absolute atomic E-state index is 13.2. The number of nitrogens with one attached hydrogen (secondary N) is 4. The van der Waals surface area contributed by atoms with Crippen LogP contribution in [0.3, 0.4) is 0 Å². The van der Waals surface area contributed by atoms with E-state index in [-0.39, 0.29) is 24.3 Å². The molecule has 0 spiro atoms. The van der Waals surface area contributed by atoms with Crippen molar-refractivity contribution >= 4 is 34.7 Å². The SMILES string of the molecule is CNC(=O)NCc1cccc(NC(=S)NC(C)(COC)c2cccc(C(F)(F)F)c2)c1N. The second kappa shape index (κ2) is 10.5. The third-order valence-corrected chi connectivity index (χ3v) is 4.96. The molecule has 11 heteroatoms. The summed E-state index contributed by atoms with van der Waals surface area (Å²) in [4.78, 5) is 11.4. The first-order valence-corrected chi connectivity index (χ1v) is 10.00. The molecule has 0 aliphatic heterocycles. The van der Waals surface area contributed by atoms with Crippen LogP contribution in [0.2, 0.25) is 0 Å². The molecule has 1 unspecified atom stereocenters. The van der Waals surface area contributed by atoms with E-state index in [4.69, 9.17) is 22.7 Å². The molecule has 6 N–H and O–H groups in total. The van der Waals surface area contributed by atoms with Gasteiger partial charge in [-0.3, -0.25) is 0 Å². The highest BCUT2D eigenvalue weighted by molar-refractivity contribution is 7.80. The van der Waals surface area contributed by atoms with Crippen molar-refractivity contribution in [2.75, 3.05) is 31.8 Å². The second-order valence-corrected chi connectivity index (χ2v) is 7.64. The van der Waals surface area contributed by atoms with Gasteiger partial charge in [-0.1, -0.05) is 24.3 Å². The van der Waals surface area contributed by atoms with Crippen molar-refractivity contribution in [1.29, 1.82) is 0 Å². The van der Waals surface area contributed by atoms with Crippen molar-refractivity contribution in [3.05, 3.63) is 59.2 Å². The maximum Gasteiger partial charge on any atom is 0.416 e. The normalized spacial score (nSPS) is 13.1. The summed E-state index contributed by atoms with van der Waals surface area (Å²) < 4.78 is 44.8. The van der Waals surface area contributed by atoms with Gasteiger partial charge in [-0.2, -0.15) is 13.2 Å². The summed E-state index contributed by atoms with van der Waals surface area (Å²) in [5.74, 6) is 0. The Labute approximate surface area is 189 Å². The van der Waals surface area contributed by atoms with Crippen molar-refractivity contribution in [3.63, 3.8) is 0 Å². The highest BCUT2D eigenvalue weighted by Gasteiger charge is 2.34. The molecule has 7 nitrogen and oxygen atoms in total. The van der Waals surface area contributed by atoms with E-state index in [9.17, 15) is 18.0 Å². The fourth-order valence-electron chi connectivity index (χ4n) is 3.06. The van der Waals surface area contributed by atoms with Gasteiger partial charge in [0.05, 0.1) is 29.1 Å². The number of hydrogen-bond donors (Lipinski definition) is 5. The highest BCUT2D eigenvalue weighted by Crippen LogP contribution is 2.32. The van der Waals surface area contributed by atoms with Crippen LogP contribution < -0.4 is 27.0 Å². The second-order valence-electron chi connectivity index (χ2n) is 7.23. The van der Waals surface area contributed by atoms with Crippen LogP contribution >= 0.6 is 12.2 Å². The number of hydrogen-bond acceptors (Lipinski definition) is 4. The van der Waals surface area contributed by atoms with Gasteiger partial charge in [-0.05, 0) is 48.5 Å². The summed E-state index contributed by atoms with van der Waals surface area (Å²) in [7, 11) is 2.95. The number of ether oxygens (including phenoxy) is 1. The van der Waals surface area contributed by atoms with Crippen LogP contribution in [0, 0.1) is 0 Å². The minimum atomic E-state index is -4.47. The van der Waals surface area contributed by atoms with Crippen LogP contribution in [-0.2, 0) is 23.0 Å². The zero-order valence-corrected chi connectivity index (χ0v) is 18.7. The summed E-state index contributed by atoms with van der Waals surface area (Å²) >= 11 is 5.40. The van der Waals surface area contributed by atoms with E-state index in [0.29, 0.717) is 22.5 Å². The molecule has 0 saturated heterocycles. The summed E-state index contributed by atoms with van der Waals surface area (Å²) in [5.41, 5.74) is 6.26. The molecule has 0 saturated carbocycles. The monoisotopic (exact) mass is 469 g/mol. The Bertz CT molecular complexity index is 971. The molecule has 32 heavy (non-hydrogen) atoms. The molecule has 0 radical (unpaired) electrons. The van der Waals surface area contributed by atoms with E-state index in [1.165, 1.54) is 20.2 Å². The number of amides is 2. The van der Waals surface area contributed by atoms with Gasteiger partial charge in [-0.25, -0.2) is 4.79 Å².